The average Bonchev–Trinajstić information content (AvgIpc) is 3.21. The lowest BCUT2D eigenvalue weighted by Gasteiger charge is -2.31. The molecule has 1 saturated carbocycles. The van der Waals surface area contributed by atoms with Crippen LogP contribution in [0.1, 0.15) is 53.6 Å². The first-order chi connectivity index (χ1) is 13.7. The second kappa shape index (κ2) is 8.52. The van der Waals surface area contributed by atoms with E-state index in [1.165, 1.54) is 43.2 Å². The summed E-state index contributed by atoms with van der Waals surface area (Å²) >= 11 is 0. The van der Waals surface area contributed by atoms with Crippen molar-refractivity contribution in [2.45, 2.75) is 51.2 Å². The summed E-state index contributed by atoms with van der Waals surface area (Å²) < 4.78 is 0. The number of hydrogen-bond donors (Lipinski definition) is 2. The zero-order valence-electron chi connectivity index (χ0n) is 16.3. The molecule has 0 radical (unpaired) electrons. The molecule has 0 saturated heterocycles. The van der Waals surface area contributed by atoms with Gasteiger partial charge in [-0.2, -0.15) is 15.4 Å². The molecule has 1 amide bonds. The van der Waals surface area contributed by atoms with Crippen LogP contribution < -0.4 is 5.32 Å². The third-order valence-corrected chi connectivity index (χ3v) is 5.75. The van der Waals surface area contributed by atoms with E-state index in [0.717, 1.165) is 12.1 Å². The Morgan fingerprint density at radius 2 is 1.82 bits per heavy atom. The number of aromatic amines is 1. The lowest BCUT2D eigenvalue weighted by molar-refractivity contribution is 0.0951. The van der Waals surface area contributed by atoms with Crippen molar-refractivity contribution in [2.24, 2.45) is 0 Å². The number of amides is 1. The Balaban J connectivity index is 1.41. The van der Waals surface area contributed by atoms with Crippen molar-refractivity contribution in [1.82, 2.24) is 25.6 Å². The number of rotatable bonds is 6. The van der Waals surface area contributed by atoms with Gasteiger partial charge in [0.05, 0.1) is 0 Å². The minimum atomic E-state index is -0.0969. The van der Waals surface area contributed by atoms with Crippen LogP contribution in [0.15, 0.2) is 42.5 Å². The van der Waals surface area contributed by atoms with E-state index >= 15 is 0 Å². The van der Waals surface area contributed by atoms with Crippen LogP contribution in [0.5, 0.6) is 0 Å². The molecule has 1 aliphatic rings. The van der Waals surface area contributed by atoms with E-state index in [1.807, 2.05) is 6.07 Å². The first kappa shape index (κ1) is 18.6. The smallest absolute Gasteiger partial charge is 0.251 e. The Labute approximate surface area is 165 Å². The summed E-state index contributed by atoms with van der Waals surface area (Å²) in [5, 5.41) is 13.7. The highest BCUT2D eigenvalue weighted by Gasteiger charge is 2.19. The highest BCUT2D eigenvalue weighted by atomic mass is 16.1. The van der Waals surface area contributed by atoms with Gasteiger partial charge in [0.15, 0.2) is 0 Å². The van der Waals surface area contributed by atoms with Crippen LogP contribution in [0, 0.1) is 0 Å². The number of fused-ring (bicyclic) bond motifs is 1. The highest BCUT2D eigenvalue weighted by Crippen LogP contribution is 2.23. The van der Waals surface area contributed by atoms with Crippen molar-refractivity contribution in [3.05, 3.63) is 59.2 Å². The maximum absolute atomic E-state index is 12.6. The normalized spacial score (nSPS) is 15.2. The average molecular weight is 377 g/mol. The molecule has 4 rings (SSSR count). The summed E-state index contributed by atoms with van der Waals surface area (Å²) in [4.78, 5) is 15.1. The van der Waals surface area contributed by atoms with E-state index in [2.05, 4.69) is 50.9 Å². The fraction of sp³-hybridized carbons (Fsp3) is 0.409. The molecule has 1 aromatic heterocycles. The second-order valence-electron chi connectivity index (χ2n) is 7.69. The molecule has 28 heavy (non-hydrogen) atoms. The molecule has 6 nitrogen and oxygen atoms in total. The van der Waals surface area contributed by atoms with Crippen LogP contribution in [-0.4, -0.2) is 39.3 Å². The van der Waals surface area contributed by atoms with Crippen molar-refractivity contribution in [2.75, 3.05) is 7.05 Å². The molecule has 0 spiro atoms. The van der Waals surface area contributed by atoms with Gasteiger partial charge in [0.25, 0.3) is 5.91 Å². The fourth-order valence-electron chi connectivity index (χ4n) is 4.06. The second-order valence-corrected chi connectivity index (χ2v) is 7.69. The SMILES string of the molecule is CN(Cc1ccccc1CNC(=O)c1ccc2n[nH]nc2c1)C1CCCCC1. The van der Waals surface area contributed by atoms with Gasteiger partial charge in [0.2, 0.25) is 0 Å². The lowest BCUT2D eigenvalue weighted by Crippen LogP contribution is -2.33. The number of nitrogens with zero attached hydrogens (tertiary/aromatic N) is 3. The quantitative estimate of drug-likeness (QED) is 0.688. The molecule has 0 unspecified atom stereocenters. The van der Waals surface area contributed by atoms with Gasteiger partial charge < -0.3 is 5.32 Å². The Morgan fingerprint density at radius 1 is 1.07 bits per heavy atom. The summed E-state index contributed by atoms with van der Waals surface area (Å²) in [7, 11) is 2.22. The Morgan fingerprint density at radius 3 is 2.64 bits per heavy atom. The van der Waals surface area contributed by atoms with E-state index in [-0.39, 0.29) is 5.91 Å². The first-order valence-corrected chi connectivity index (χ1v) is 10.1. The number of H-pyrrole nitrogens is 1. The first-order valence-electron chi connectivity index (χ1n) is 10.1. The Bertz CT molecular complexity index is 945. The Kier molecular flexibility index (Phi) is 5.67. The zero-order chi connectivity index (χ0) is 19.3. The molecule has 146 valence electrons. The van der Waals surface area contributed by atoms with Crippen molar-refractivity contribution in [3.8, 4) is 0 Å². The van der Waals surface area contributed by atoms with Crippen LogP contribution in [0.3, 0.4) is 0 Å². The summed E-state index contributed by atoms with van der Waals surface area (Å²) in [5.74, 6) is -0.0969. The van der Waals surface area contributed by atoms with Gasteiger partial charge in [0.1, 0.15) is 11.0 Å². The predicted octanol–water partition coefficient (Wildman–Crippen LogP) is 3.65. The van der Waals surface area contributed by atoms with Gasteiger partial charge in [-0.3, -0.25) is 9.69 Å². The standard InChI is InChI=1S/C22H27N5O/c1-27(19-9-3-2-4-10-19)15-18-8-6-5-7-17(18)14-23-22(28)16-11-12-20-21(13-16)25-26-24-20/h5-8,11-13,19H,2-4,9-10,14-15H2,1H3,(H,23,28)(H,24,25,26). The van der Waals surface area contributed by atoms with Crippen molar-refractivity contribution >= 4 is 16.9 Å². The summed E-state index contributed by atoms with van der Waals surface area (Å²) in [6, 6.07) is 14.4. The molecule has 0 atom stereocenters. The minimum absolute atomic E-state index is 0.0969. The van der Waals surface area contributed by atoms with Crippen LogP contribution in [0.4, 0.5) is 0 Å². The molecule has 2 aromatic carbocycles. The van der Waals surface area contributed by atoms with Gasteiger partial charge in [0, 0.05) is 24.7 Å². The molecule has 1 fully saturated rings. The fourth-order valence-corrected chi connectivity index (χ4v) is 4.06. The van der Waals surface area contributed by atoms with E-state index in [1.54, 1.807) is 18.2 Å². The number of aromatic nitrogens is 3. The van der Waals surface area contributed by atoms with Crippen molar-refractivity contribution in [1.29, 1.82) is 0 Å². The topological polar surface area (TPSA) is 73.9 Å². The molecule has 2 N–H and O–H groups in total. The molecule has 1 heterocycles. The van der Waals surface area contributed by atoms with Crippen LogP contribution in [-0.2, 0) is 13.1 Å². The maximum Gasteiger partial charge on any atom is 0.251 e. The molecular weight excluding hydrogens is 350 g/mol. The minimum Gasteiger partial charge on any atom is -0.348 e. The summed E-state index contributed by atoms with van der Waals surface area (Å²) in [5.41, 5.74) is 4.50. The van der Waals surface area contributed by atoms with Crippen molar-refractivity contribution < 1.29 is 4.79 Å². The molecule has 0 aliphatic heterocycles. The Hall–Kier alpha value is -2.73. The monoisotopic (exact) mass is 377 g/mol. The summed E-state index contributed by atoms with van der Waals surface area (Å²) in [6.45, 7) is 1.44. The number of benzene rings is 2. The van der Waals surface area contributed by atoms with E-state index in [9.17, 15) is 4.79 Å². The van der Waals surface area contributed by atoms with Crippen LogP contribution in [0.25, 0.3) is 11.0 Å². The van der Waals surface area contributed by atoms with Gasteiger partial charge in [-0.1, -0.05) is 43.5 Å². The van der Waals surface area contributed by atoms with Crippen molar-refractivity contribution in [3.63, 3.8) is 0 Å². The highest BCUT2D eigenvalue weighted by molar-refractivity contribution is 5.97. The van der Waals surface area contributed by atoms with Crippen LogP contribution >= 0.6 is 0 Å². The number of carbonyl (C=O) groups excluding carboxylic acids is 1. The third kappa shape index (κ3) is 4.22. The summed E-state index contributed by atoms with van der Waals surface area (Å²) in [6.07, 6.45) is 6.62. The largest absolute Gasteiger partial charge is 0.348 e. The predicted molar refractivity (Wildman–Crippen MR) is 110 cm³/mol. The molecule has 3 aromatic rings. The number of hydrogen-bond acceptors (Lipinski definition) is 4. The van der Waals surface area contributed by atoms with Crippen LogP contribution in [0.2, 0.25) is 0 Å². The third-order valence-electron chi connectivity index (χ3n) is 5.75. The maximum atomic E-state index is 12.6. The van der Waals surface area contributed by atoms with Gasteiger partial charge in [-0.05, 0) is 49.2 Å². The number of nitrogens with one attached hydrogen (secondary N) is 2. The van der Waals surface area contributed by atoms with E-state index < -0.39 is 0 Å². The zero-order valence-corrected chi connectivity index (χ0v) is 16.3. The lowest BCUT2D eigenvalue weighted by atomic mass is 9.94. The van der Waals surface area contributed by atoms with E-state index in [0.29, 0.717) is 23.7 Å². The molecule has 1 aliphatic carbocycles. The molecular formula is C22H27N5O. The number of carbonyl (C=O) groups is 1. The van der Waals surface area contributed by atoms with Gasteiger partial charge >= 0.3 is 0 Å². The van der Waals surface area contributed by atoms with Gasteiger partial charge in [-0.25, -0.2) is 0 Å². The van der Waals surface area contributed by atoms with Gasteiger partial charge in [-0.15, -0.1) is 0 Å². The molecule has 0 bridgehead atoms. The molecule has 6 heteroatoms. The van der Waals surface area contributed by atoms with E-state index in [4.69, 9.17) is 0 Å².